The van der Waals surface area contributed by atoms with Crippen LogP contribution < -0.4 is 4.72 Å². The maximum atomic E-state index is 12.4. The van der Waals surface area contributed by atoms with E-state index in [1.54, 1.807) is 12.1 Å². The zero-order chi connectivity index (χ0) is 19.5. The Balaban J connectivity index is 2.23. The van der Waals surface area contributed by atoms with Crippen LogP contribution in [0.5, 0.6) is 0 Å². The first-order chi connectivity index (χ1) is 12.0. The number of sulfone groups is 1. The van der Waals surface area contributed by atoms with Crippen molar-refractivity contribution in [2.75, 3.05) is 12.9 Å². The third kappa shape index (κ3) is 4.89. The van der Waals surface area contributed by atoms with E-state index in [0.717, 1.165) is 11.8 Å². The smallest absolute Gasteiger partial charge is 0.240 e. The third-order valence-corrected chi connectivity index (χ3v) is 6.50. The highest BCUT2D eigenvalue weighted by Crippen LogP contribution is 2.21. The molecular formula is C17H21NO6S2. The van der Waals surface area contributed by atoms with Crippen molar-refractivity contribution in [3.8, 4) is 0 Å². The molecule has 0 amide bonds. The second kappa shape index (κ2) is 7.85. The van der Waals surface area contributed by atoms with Crippen LogP contribution in [0.15, 0.2) is 58.3 Å². The minimum atomic E-state index is -3.94. The van der Waals surface area contributed by atoms with E-state index in [1.807, 2.05) is 6.92 Å². The number of hydrogen-bond acceptors (Lipinski definition) is 6. The van der Waals surface area contributed by atoms with E-state index in [2.05, 4.69) is 4.72 Å². The summed E-state index contributed by atoms with van der Waals surface area (Å²) in [7, 11) is -7.32. The number of nitrogens with one attached hydrogen (secondary N) is 1. The van der Waals surface area contributed by atoms with E-state index in [-0.39, 0.29) is 15.4 Å². The minimum absolute atomic E-state index is 0.0150. The molecular weight excluding hydrogens is 378 g/mol. The third-order valence-electron chi connectivity index (χ3n) is 3.87. The average Bonchev–Trinajstić information content (AvgIpc) is 2.59. The standard InChI is InChI=1S/C17H21NO6S2/c1-12-3-7-15(8-4-12)26(23,24)18-16(11-19)17(20)13-5-9-14(10-6-13)25(2,21)22/h3-10,16-20H,11H2,1-2H3/t16-,17-/m1/s1. The Labute approximate surface area is 153 Å². The van der Waals surface area contributed by atoms with Crippen molar-refractivity contribution in [2.24, 2.45) is 0 Å². The molecule has 0 aliphatic heterocycles. The Morgan fingerprint density at radius 2 is 1.42 bits per heavy atom. The Hall–Kier alpha value is -1.78. The lowest BCUT2D eigenvalue weighted by molar-refractivity contribution is 0.101. The number of aryl methyl sites for hydroxylation is 1. The summed E-state index contributed by atoms with van der Waals surface area (Å²) in [6, 6.07) is 10.3. The fourth-order valence-corrected chi connectivity index (χ4v) is 4.19. The van der Waals surface area contributed by atoms with Crippen molar-refractivity contribution in [1.29, 1.82) is 0 Å². The van der Waals surface area contributed by atoms with Gasteiger partial charge in [0.2, 0.25) is 10.0 Å². The van der Waals surface area contributed by atoms with E-state index in [0.29, 0.717) is 0 Å². The molecule has 3 N–H and O–H groups in total. The number of hydrogen-bond donors (Lipinski definition) is 3. The predicted molar refractivity (Wildman–Crippen MR) is 96.9 cm³/mol. The summed E-state index contributed by atoms with van der Waals surface area (Å²) in [6.45, 7) is 1.18. The maximum Gasteiger partial charge on any atom is 0.240 e. The molecule has 0 aliphatic carbocycles. The van der Waals surface area contributed by atoms with E-state index >= 15 is 0 Å². The molecule has 7 nitrogen and oxygen atoms in total. The van der Waals surface area contributed by atoms with Crippen LogP contribution in [-0.4, -0.2) is 46.0 Å². The van der Waals surface area contributed by atoms with Crippen molar-refractivity contribution in [3.63, 3.8) is 0 Å². The fraction of sp³-hybridized carbons (Fsp3) is 0.294. The Morgan fingerprint density at radius 1 is 0.923 bits per heavy atom. The first kappa shape index (κ1) is 20.5. The summed E-state index contributed by atoms with van der Waals surface area (Å²) >= 11 is 0. The number of aliphatic hydroxyl groups excluding tert-OH is 2. The van der Waals surface area contributed by atoms with E-state index in [9.17, 15) is 27.0 Å². The maximum absolute atomic E-state index is 12.4. The van der Waals surface area contributed by atoms with Gasteiger partial charge in [0.25, 0.3) is 0 Å². The molecule has 0 unspecified atom stereocenters. The average molecular weight is 399 g/mol. The molecule has 0 spiro atoms. The second-order valence-electron chi connectivity index (χ2n) is 6.01. The molecule has 0 saturated heterocycles. The quantitative estimate of drug-likeness (QED) is 0.632. The number of sulfonamides is 1. The summed E-state index contributed by atoms with van der Waals surface area (Å²) in [6.07, 6.45) is -0.293. The molecule has 2 rings (SSSR count). The van der Waals surface area contributed by atoms with Crippen molar-refractivity contribution < 1.29 is 27.0 Å². The molecule has 2 aromatic rings. The number of rotatable bonds is 7. The van der Waals surface area contributed by atoms with Crippen LogP contribution in [0.4, 0.5) is 0 Å². The fourth-order valence-electron chi connectivity index (χ4n) is 2.33. The highest BCUT2D eigenvalue weighted by atomic mass is 32.2. The lowest BCUT2D eigenvalue weighted by Gasteiger charge is -2.22. The molecule has 0 aromatic heterocycles. The molecule has 9 heteroatoms. The molecule has 2 aromatic carbocycles. The van der Waals surface area contributed by atoms with Crippen LogP contribution in [-0.2, 0) is 19.9 Å². The Kier molecular flexibility index (Phi) is 6.20. The zero-order valence-corrected chi connectivity index (χ0v) is 16.0. The molecule has 0 heterocycles. The molecule has 0 fully saturated rings. The molecule has 142 valence electrons. The highest BCUT2D eigenvalue weighted by molar-refractivity contribution is 7.90. The lowest BCUT2D eigenvalue weighted by Crippen LogP contribution is -2.41. The van der Waals surface area contributed by atoms with E-state index in [4.69, 9.17) is 0 Å². The SMILES string of the molecule is Cc1ccc(S(=O)(=O)N[C@H](CO)[C@H](O)c2ccc(S(C)(=O)=O)cc2)cc1. The zero-order valence-electron chi connectivity index (χ0n) is 14.3. The van der Waals surface area contributed by atoms with Crippen molar-refractivity contribution >= 4 is 19.9 Å². The topological polar surface area (TPSA) is 121 Å². The molecule has 2 atom stereocenters. The number of aliphatic hydroxyl groups is 2. The molecule has 0 aliphatic rings. The van der Waals surface area contributed by atoms with Gasteiger partial charge in [-0.05, 0) is 36.8 Å². The van der Waals surface area contributed by atoms with Gasteiger partial charge in [0.1, 0.15) is 0 Å². The molecule has 0 bridgehead atoms. The van der Waals surface area contributed by atoms with Gasteiger partial charge in [-0.15, -0.1) is 0 Å². The van der Waals surface area contributed by atoms with Gasteiger partial charge in [0.05, 0.1) is 28.5 Å². The first-order valence-electron chi connectivity index (χ1n) is 7.72. The summed E-state index contributed by atoms with van der Waals surface area (Å²) < 4.78 is 50.1. The van der Waals surface area contributed by atoms with Gasteiger partial charge in [-0.3, -0.25) is 0 Å². The molecule has 26 heavy (non-hydrogen) atoms. The summed E-state index contributed by atoms with van der Waals surface area (Å²) in [5.41, 5.74) is 1.18. The Bertz CT molecular complexity index is 951. The molecule has 0 radical (unpaired) electrons. The predicted octanol–water partition coefficient (Wildman–Crippen LogP) is 0.771. The van der Waals surface area contributed by atoms with Gasteiger partial charge in [0, 0.05) is 6.26 Å². The first-order valence-corrected chi connectivity index (χ1v) is 11.1. The largest absolute Gasteiger partial charge is 0.395 e. The minimum Gasteiger partial charge on any atom is -0.395 e. The van der Waals surface area contributed by atoms with Gasteiger partial charge in [-0.25, -0.2) is 21.6 Å². The van der Waals surface area contributed by atoms with E-state index < -0.39 is 38.6 Å². The van der Waals surface area contributed by atoms with Crippen LogP contribution in [0.25, 0.3) is 0 Å². The van der Waals surface area contributed by atoms with Crippen molar-refractivity contribution in [3.05, 3.63) is 59.7 Å². The van der Waals surface area contributed by atoms with Crippen LogP contribution in [0, 0.1) is 6.92 Å². The van der Waals surface area contributed by atoms with Crippen LogP contribution in [0.2, 0.25) is 0 Å². The second-order valence-corrected chi connectivity index (χ2v) is 9.74. The highest BCUT2D eigenvalue weighted by Gasteiger charge is 2.26. The normalized spacial score (nSPS) is 14.8. The van der Waals surface area contributed by atoms with Crippen molar-refractivity contribution in [2.45, 2.75) is 28.9 Å². The van der Waals surface area contributed by atoms with Gasteiger partial charge in [-0.1, -0.05) is 29.8 Å². The summed E-state index contributed by atoms with van der Waals surface area (Å²) in [5, 5.41) is 19.9. The van der Waals surface area contributed by atoms with Gasteiger partial charge in [-0.2, -0.15) is 0 Å². The number of benzene rings is 2. The van der Waals surface area contributed by atoms with Crippen LogP contribution in [0.1, 0.15) is 17.2 Å². The monoisotopic (exact) mass is 399 g/mol. The van der Waals surface area contributed by atoms with Gasteiger partial charge in [0.15, 0.2) is 9.84 Å². The van der Waals surface area contributed by atoms with Crippen LogP contribution in [0.3, 0.4) is 0 Å². The van der Waals surface area contributed by atoms with Gasteiger partial charge >= 0.3 is 0 Å². The molecule has 0 saturated carbocycles. The lowest BCUT2D eigenvalue weighted by atomic mass is 10.0. The van der Waals surface area contributed by atoms with Crippen LogP contribution >= 0.6 is 0 Å². The summed E-state index contributed by atoms with van der Waals surface area (Å²) in [4.78, 5) is 0.0930. The van der Waals surface area contributed by atoms with E-state index in [1.165, 1.54) is 36.4 Å². The van der Waals surface area contributed by atoms with Gasteiger partial charge < -0.3 is 10.2 Å². The van der Waals surface area contributed by atoms with Crippen molar-refractivity contribution in [1.82, 2.24) is 4.72 Å². The Morgan fingerprint density at radius 3 is 1.88 bits per heavy atom. The summed E-state index contributed by atoms with van der Waals surface area (Å²) in [5.74, 6) is 0.